The molecule has 6 heteroatoms. The second-order valence-electron chi connectivity index (χ2n) is 4.26. The van der Waals surface area contributed by atoms with Gasteiger partial charge < -0.3 is 4.74 Å². The monoisotopic (exact) mass is 400 g/mol. The van der Waals surface area contributed by atoms with Crippen molar-refractivity contribution in [3.8, 4) is 5.75 Å². The Balaban J connectivity index is 2.18. The number of hydrogen-bond donors (Lipinski definition) is 0. The van der Waals surface area contributed by atoms with Gasteiger partial charge in [0.25, 0.3) is 0 Å². The minimum absolute atomic E-state index is 0.411. The predicted molar refractivity (Wildman–Crippen MR) is 84.2 cm³/mol. The number of aryl methyl sites for hydroxylation is 2. The van der Waals surface area contributed by atoms with Crippen LogP contribution in [0.3, 0.4) is 0 Å². The second-order valence-corrected chi connectivity index (χ2v) is 5.91. The second kappa shape index (κ2) is 6.54. The summed E-state index contributed by atoms with van der Waals surface area (Å²) in [5, 5.41) is 4.42. The fourth-order valence-corrected chi connectivity index (χ4v) is 2.77. The van der Waals surface area contributed by atoms with Crippen molar-refractivity contribution in [2.24, 2.45) is 0 Å². The maximum atomic E-state index is 10.7. The van der Waals surface area contributed by atoms with E-state index in [1.165, 1.54) is 0 Å². The van der Waals surface area contributed by atoms with Gasteiger partial charge in [0.15, 0.2) is 0 Å². The molecular weight excluding hydrogens is 388 g/mol. The van der Waals surface area contributed by atoms with Crippen molar-refractivity contribution in [1.29, 1.82) is 0 Å². The summed E-state index contributed by atoms with van der Waals surface area (Å²) in [6, 6.07) is 5.24. The van der Waals surface area contributed by atoms with E-state index in [-0.39, 0.29) is 0 Å². The molecule has 0 bridgehead atoms. The Kier molecular flexibility index (Phi) is 4.99. The van der Waals surface area contributed by atoms with E-state index >= 15 is 0 Å². The van der Waals surface area contributed by atoms with Crippen LogP contribution < -0.4 is 4.74 Å². The third kappa shape index (κ3) is 3.12. The molecule has 0 N–H and O–H groups in total. The highest BCUT2D eigenvalue weighted by Crippen LogP contribution is 2.28. The number of nitrogens with zero attached hydrogens (tertiary/aromatic N) is 2. The largest absolute Gasteiger partial charge is 0.486 e. The molecule has 0 atom stereocenters. The van der Waals surface area contributed by atoms with Crippen LogP contribution in [0.5, 0.6) is 5.75 Å². The van der Waals surface area contributed by atoms with Crippen LogP contribution >= 0.6 is 31.9 Å². The lowest BCUT2D eigenvalue weighted by atomic mass is 10.2. The van der Waals surface area contributed by atoms with Crippen molar-refractivity contribution in [2.75, 3.05) is 0 Å². The van der Waals surface area contributed by atoms with Crippen LogP contribution in [0.1, 0.15) is 28.7 Å². The molecule has 106 valence electrons. The first-order chi connectivity index (χ1) is 9.56. The number of aldehydes is 1. The molecule has 0 saturated heterocycles. The molecular formula is C14H14Br2N2O2. The first-order valence-corrected chi connectivity index (χ1v) is 7.74. The number of hydrogen-bond acceptors (Lipinski definition) is 3. The summed E-state index contributed by atoms with van der Waals surface area (Å²) in [4.78, 5) is 10.7. The van der Waals surface area contributed by atoms with Gasteiger partial charge in [-0.15, -0.1) is 0 Å². The van der Waals surface area contributed by atoms with Crippen molar-refractivity contribution in [1.82, 2.24) is 9.78 Å². The van der Waals surface area contributed by atoms with E-state index < -0.39 is 0 Å². The maximum absolute atomic E-state index is 10.7. The van der Waals surface area contributed by atoms with Gasteiger partial charge in [-0.3, -0.25) is 9.48 Å². The molecule has 0 unspecified atom stereocenters. The molecule has 1 heterocycles. The summed E-state index contributed by atoms with van der Waals surface area (Å²) < 4.78 is 9.45. The van der Waals surface area contributed by atoms with Gasteiger partial charge in [0.05, 0.1) is 20.3 Å². The number of carbonyl (C=O) groups excluding carboxylic acids is 1. The molecule has 0 spiro atoms. The lowest BCUT2D eigenvalue weighted by molar-refractivity contribution is 0.112. The number of ether oxygens (including phenoxy) is 1. The number of benzene rings is 1. The van der Waals surface area contributed by atoms with Gasteiger partial charge in [-0.2, -0.15) is 5.10 Å². The molecule has 20 heavy (non-hydrogen) atoms. The van der Waals surface area contributed by atoms with Crippen molar-refractivity contribution in [2.45, 2.75) is 27.0 Å². The molecule has 2 rings (SSSR count). The van der Waals surface area contributed by atoms with E-state index in [1.807, 2.05) is 18.5 Å². The summed E-state index contributed by atoms with van der Waals surface area (Å²) >= 11 is 6.94. The molecule has 0 aliphatic heterocycles. The van der Waals surface area contributed by atoms with Gasteiger partial charge in [-0.1, -0.05) is 0 Å². The van der Waals surface area contributed by atoms with E-state index in [0.29, 0.717) is 17.9 Å². The zero-order valence-electron chi connectivity index (χ0n) is 11.2. The Labute approximate surface area is 134 Å². The first kappa shape index (κ1) is 15.3. The fourth-order valence-electron chi connectivity index (χ4n) is 1.86. The molecule has 1 aromatic heterocycles. The first-order valence-electron chi connectivity index (χ1n) is 6.16. The predicted octanol–water partition coefficient (Wildman–Crippen LogP) is 4.13. The van der Waals surface area contributed by atoms with Crippen LogP contribution in [-0.4, -0.2) is 16.1 Å². The molecule has 0 amide bonds. The van der Waals surface area contributed by atoms with Gasteiger partial charge in [0, 0.05) is 12.1 Å². The summed E-state index contributed by atoms with van der Waals surface area (Å²) in [6.07, 6.45) is 0.806. The van der Waals surface area contributed by atoms with Crippen LogP contribution in [0.15, 0.2) is 27.1 Å². The number of carbonyl (C=O) groups is 1. The topological polar surface area (TPSA) is 44.1 Å². The zero-order valence-corrected chi connectivity index (χ0v) is 14.4. The smallest absolute Gasteiger partial charge is 0.150 e. The standard InChI is InChI=1S/C14H14Br2N2O2/c1-3-18-12(14(16)9(2)17-18)8-20-13-5-4-10(7-19)6-11(13)15/h4-7H,3,8H2,1-2H3. The molecule has 0 aliphatic rings. The zero-order chi connectivity index (χ0) is 14.7. The summed E-state index contributed by atoms with van der Waals surface area (Å²) in [5.41, 5.74) is 2.55. The average molecular weight is 402 g/mol. The summed E-state index contributed by atoms with van der Waals surface area (Å²) in [6.45, 7) is 5.19. The van der Waals surface area contributed by atoms with Gasteiger partial charge in [-0.05, 0) is 63.9 Å². The molecule has 0 fully saturated rings. The molecule has 4 nitrogen and oxygen atoms in total. The van der Waals surface area contributed by atoms with Crippen LogP contribution in [-0.2, 0) is 13.2 Å². The molecule has 0 radical (unpaired) electrons. The maximum Gasteiger partial charge on any atom is 0.150 e. The Morgan fingerprint density at radius 1 is 1.40 bits per heavy atom. The van der Waals surface area contributed by atoms with Gasteiger partial charge >= 0.3 is 0 Å². The van der Waals surface area contributed by atoms with Crippen molar-refractivity contribution < 1.29 is 9.53 Å². The third-order valence-corrected chi connectivity index (χ3v) is 4.56. The normalized spacial score (nSPS) is 10.6. The van der Waals surface area contributed by atoms with Crippen LogP contribution in [0.25, 0.3) is 0 Å². The Morgan fingerprint density at radius 2 is 2.15 bits per heavy atom. The van der Waals surface area contributed by atoms with Crippen LogP contribution in [0.2, 0.25) is 0 Å². The highest BCUT2D eigenvalue weighted by atomic mass is 79.9. The van der Waals surface area contributed by atoms with Crippen LogP contribution in [0, 0.1) is 6.92 Å². The fraction of sp³-hybridized carbons (Fsp3) is 0.286. The third-order valence-electron chi connectivity index (χ3n) is 2.91. The average Bonchev–Trinajstić information content (AvgIpc) is 2.73. The van der Waals surface area contributed by atoms with E-state index in [1.54, 1.807) is 18.2 Å². The highest BCUT2D eigenvalue weighted by Gasteiger charge is 2.13. The number of rotatable bonds is 5. The minimum atomic E-state index is 0.411. The van der Waals surface area contributed by atoms with Gasteiger partial charge in [0.1, 0.15) is 18.6 Å². The lowest BCUT2D eigenvalue weighted by Crippen LogP contribution is -2.07. The Morgan fingerprint density at radius 3 is 2.75 bits per heavy atom. The Bertz CT molecular complexity index is 638. The van der Waals surface area contributed by atoms with Crippen molar-refractivity contribution >= 4 is 38.1 Å². The van der Waals surface area contributed by atoms with Crippen molar-refractivity contribution in [3.63, 3.8) is 0 Å². The molecule has 1 aromatic carbocycles. The van der Waals surface area contributed by atoms with E-state index in [9.17, 15) is 4.79 Å². The molecule has 2 aromatic rings. The van der Waals surface area contributed by atoms with E-state index in [4.69, 9.17) is 4.74 Å². The van der Waals surface area contributed by atoms with E-state index in [2.05, 4.69) is 37.0 Å². The molecule has 0 saturated carbocycles. The van der Waals surface area contributed by atoms with Gasteiger partial charge in [0.2, 0.25) is 0 Å². The minimum Gasteiger partial charge on any atom is -0.486 e. The lowest BCUT2D eigenvalue weighted by Gasteiger charge is -2.10. The SMILES string of the molecule is CCn1nc(C)c(Br)c1COc1ccc(C=O)cc1Br. The summed E-state index contributed by atoms with van der Waals surface area (Å²) in [7, 11) is 0. The number of halogens is 2. The molecule has 0 aliphatic carbocycles. The quantitative estimate of drug-likeness (QED) is 0.707. The Hall–Kier alpha value is -1.14. The van der Waals surface area contributed by atoms with Crippen LogP contribution in [0.4, 0.5) is 0 Å². The van der Waals surface area contributed by atoms with Gasteiger partial charge in [-0.25, -0.2) is 0 Å². The summed E-state index contributed by atoms with van der Waals surface area (Å²) in [5.74, 6) is 0.698. The highest BCUT2D eigenvalue weighted by molar-refractivity contribution is 9.10. The van der Waals surface area contributed by atoms with Crippen molar-refractivity contribution in [3.05, 3.63) is 44.1 Å². The van der Waals surface area contributed by atoms with E-state index in [0.717, 1.165) is 33.2 Å². The number of aromatic nitrogens is 2.